The Balaban J connectivity index is 1.67. The smallest absolute Gasteiger partial charge is 0.260 e. The third-order valence-electron chi connectivity index (χ3n) is 4.97. The molecule has 4 nitrogen and oxygen atoms in total. The Morgan fingerprint density at radius 3 is 2.70 bits per heavy atom. The summed E-state index contributed by atoms with van der Waals surface area (Å²) in [6, 6.07) is 13.5. The van der Waals surface area contributed by atoms with Gasteiger partial charge in [0.05, 0.1) is 0 Å². The maximum atomic E-state index is 13.7. The van der Waals surface area contributed by atoms with Crippen molar-refractivity contribution >= 4 is 17.5 Å². The molecule has 1 unspecified atom stereocenters. The minimum absolute atomic E-state index is 0.225. The molecule has 1 amide bonds. The fraction of sp³-hybridized carbons (Fsp3) is 0.381. The third-order valence-corrected chi connectivity index (χ3v) is 5.20. The second kappa shape index (κ2) is 8.72. The molecule has 1 atom stereocenters. The predicted molar refractivity (Wildman–Crippen MR) is 103 cm³/mol. The van der Waals surface area contributed by atoms with Gasteiger partial charge >= 0.3 is 0 Å². The molecule has 144 valence electrons. The Morgan fingerprint density at radius 2 is 2.00 bits per heavy atom. The highest BCUT2D eigenvalue weighted by Gasteiger charge is 2.35. The van der Waals surface area contributed by atoms with Gasteiger partial charge in [-0.1, -0.05) is 29.8 Å². The first-order chi connectivity index (χ1) is 13.0. The number of benzene rings is 2. The molecule has 0 spiro atoms. The van der Waals surface area contributed by atoms with Gasteiger partial charge in [0.25, 0.3) is 5.91 Å². The van der Waals surface area contributed by atoms with Crippen LogP contribution in [0.2, 0.25) is 5.02 Å². The summed E-state index contributed by atoms with van der Waals surface area (Å²) in [5, 5.41) is 3.52. The number of hydrogen-bond acceptors (Lipinski definition) is 3. The number of rotatable bonds is 6. The van der Waals surface area contributed by atoms with E-state index >= 15 is 0 Å². The first kappa shape index (κ1) is 19.6. The minimum atomic E-state index is -0.673. The second-order valence-corrected chi connectivity index (χ2v) is 7.27. The van der Waals surface area contributed by atoms with Crippen LogP contribution in [0.4, 0.5) is 4.39 Å². The predicted octanol–water partition coefficient (Wildman–Crippen LogP) is 4.11. The van der Waals surface area contributed by atoms with Crippen LogP contribution < -0.4 is 10.1 Å². The summed E-state index contributed by atoms with van der Waals surface area (Å²) in [4.78, 5) is 12.5. The van der Waals surface area contributed by atoms with E-state index in [4.69, 9.17) is 21.1 Å². The van der Waals surface area contributed by atoms with Gasteiger partial charge in [-0.15, -0.1) is 0 Å². The van der Waals surface area contributed by atoms with E-state index in [0.717, 1.165) is 18.4 Å². The van der Waals surface area contributed by atoms with E-state index in [-0.39, 0.29) is 17.1 Å². The number of carbonyl (C=O) groups is 1. The van der Waals surface area contributed by atoms with Crippen LogP contribution in [0.15, 0.2) is 48.5 Å². The zero-order chi connectivity index (χ0) is 19.3. The van der Waals surface area contributed by atoms with Crippen LogP contribution in [0.25, 0.3) is 0 Å². The molecule has 2 aromatic carbocycles. The Labute approximate surface area is 163 Å². The van der Waals surface area contributed by atoms with Crippen LogP contribution in [0.1, 0.15) is 25.3 Å². The van der Waals surface area contributed by atoms with E-state index in [2.05, 4.69) is 5.32 Å². The van der Waals surface area contributed by atoms with Crippen molar-refractivity contribution in [2.75, 3.05) is 19.8 Å². The number of hydrogen-bond donors (Lipinski definition) is 1. The number of halogens is 2. The van der Waals surface area contributed by atoms with Gasteiger partial charge in [0, 0.05) is 30.2 Å². The zero-order valence-electron chi connectivity index (χ0n) is 15.2. The molecule has 0 saturated carbocycles. The van der Waals surface area contributed by atoms with E-state index < -0.39 is 6.10 Å². The average molecular weight is 392 g/mol. The highest BCUT2D eigenvalue weighted by Crippen LogP contribution is 2.34. The number of nitrogens with one attached hydrogen (secondary N) is 1. The number of amides is 1. The van der Waals surface area contributed by atoms with Crippen LogP contribution in [-0.4, -0.2) is 31.8 Å². The Bertz CT molecular complexity index is 793. The lowest BCUT2D eigenvalue weighted by molar-refractivity contribution is -0.127. The quantitative estimate of drug-likeness (QED) is 0.806. The van der Waals surface area contributed by atoms with E-state index in [0.29, 0.717) is 30.5 Å². The van der Waals surface area contributed by atoms with Crippen molar-refractivity contribution in [3.05, 3.63) is 64.9 Å². The second-order valence-electron chi connectivity index (χ2n) is 6.84. The van der Waals surface area contributed by atoms with Crippen molar-refractivity contribution in [2.45, 2.75) is 31.3 Å². The van der Waals surface area contributed by atoms with Gasteiger partial charge in [-0.2, -0.15) is 0 Å². The van der Waals surface area contributed by atoms with Gasteiger partial charge < -0.3 is 14.8 Å². The van der Waals surface area contributed by atoms with E-state index in [1.165, 1.54) is 6.07 Å². The summed E-state index contributed by atoms with van der Waals surface area (Å²) in [5.41, 5.74) is 0.542. The number of ether oxygens (including phenoxy) is 2. The van der Waals surface area contributed by atoms with E-state index in [1.807, 2.05) is 6.07 Å². The van der Waals surface area contributed by atoms with Crippen LogP contribution in [0, 0.1) is 5.82 Å². The van der Waals surface area contributed by atoms with Gasteiger partial charge in [-0.25, -0.2) is 4.39 Å². The normalized spacial score (nSPS) is 17.1. The lowest BCUT2D eigenvalue weighted by Gasteiger charge is -2.38. The van der Waals surface area contributed by atoms with Crippen LogP contribution in [0.3, 0.4) is 0 Å². The first-order valence-corrected chi connectivity index (χ1v) is 9.40. The molecule has 1 aliphatic rings. The Hall–Kier alpha value is -2.11. The Kier molecular flexibility index (Phi) is 6.34. The van der Waals surface area contributed by atoms with Crippen molar-refractivity contribution in [1.82, 2.24) is 5.32 Å². The van der Waals surface area contributed by atoms with Gasteiger partial charge in [0.15, 0.2) is 6.10 Å². The maximum Gasteiger partial charge on any atom is 0.260 e. The van der Waals surface area contributed by atoms with Crippen molar-refractivity contribution in [3.63, 3.8) is 0 Å². The molecule has 1 N–H and O–H groups in total. The first-order valence-electron chi connectivity index (χ1n) is 9.02. The molecule has 2 aromatic rings. The molecule has 0 aromatic heterocycles. The van der Waals surface area contributed by atoms with Crippen molar-refractivity contribution < 1.29 is 18.7 Å². The van der Waals surface area contributed by atoms with Crippen molar-refractivity contribution in [3.8, 4) is 5.75 Å². The molecular formula is C21H23ClFNO3. The molecular weight excluding hydrogens is 369 g/mol. The maximum absolute atomic E-state index is 13.7. The molecule has 0 radical (unpaired) electrons. The van der Waals surface area contributed by atoms with Gasteiger partial charge in [-0.05, 0) is 55.7 Å². The fourth-order valence-electron chi connectivity index (χ4n) is 3.35. The molecule has 1 heterocycles. The van der Waals surface area contributed by atoms with Gasteiger partial charge in [0.1, 0.15) is 11.6 Å². The SMILES string of the molecule is CC(Oc1cccc(Cl)c1)C(=O)NCC1(c2cccc(F)c2)CCOCC1. The molecule has 1 aliphatic heterocycles. The molecule has 6 heteroatoms. The van der Waals surface area contributed by atoms with E-state index in [1.54, 1.807) is 43.3 Å². The highest BCUT2D eigenvalue weighted by atomic mass is 35.5. The average Bonchev–Trinajstić information content (AvgIpc) is 2.67. The molecule has 1 fully saturated rings. The minimum Gasteiger partial charge on any atom is -0.481 e. The summed E-state index contributed by atoms with van der Waals surface area (Å²) in [7, 11) is 0. The summed E-state index contributed by atoms with van der Waals surface area (Å²) < 4.78 is 24.9. The third kappa shape index (κ3) is 4.99. The molecule has 27 heavy (non-hydrogen) atoms. The van der Waals surface area contributed by atoms with Crippen LogP contribution in [0.5, 0.6) is 5.75 Å². The van der Waals surface area contributed by atoms with Gasteiger partial charge in [0.2, 0.25) is 0 Å². The fourth-order valence-corrected chi connectivity index (χ4v) is 3.53. The van der Waals surface area contributed by atoms with E-state index in [9.17, 15) is 9.18 Å². The largest absolute Gasteiger partial charge is 0.481 e. The van der Waals surface area contributed by atoms with Gasteiger partial charge in [-0.3, -0.25) is 4.79 Å². The lowest BCUT2D eigenvalue weighted by Crippen LogP contribution is -2.47. The van der Waals surface area contributed by atoms with Crippen molar-refractivity contribution in [1.29, 1.82) is 0 Å². The lowest BCUT2D eigenvalue weighted by atomic mass is 9.74. The number of carbonyl (C=O) groups excluding carboxylic acids is 1. The Morgan fingerprint density at radius 1 is 1.26 bits per heavy atom. The highest BCUT2D eigenvalue weighted by molar-refractivity contribution is 6.30. The summed E-state index contributed by atoms with van der Waals surface area (Å²) >= 11 is 5.95. The summed E-state index contributed by atoms with van der Waals surface area (Å²) in [5.74, 6) is 0.0376. The van der Waals surface area contributed by atoms with Crippen LogP contribution >= 0.6 is 11.6 Å². The molecule has 1 saturated heterocycles. The molecule has 0 bridgehead atoms. The van der Waals surface area contributed by atoms with Crippen molar-refractivity contribution in [2.24, 2.45) is 0 Å². The summed E-state index contributed by atoms with van der Waals surface area (Å²) in [6.07, 6.45) is 0.772. The molecule has 0 aliphatic carbocycles. The zero-order valence-corrected chi connectivity index (χ0v) is 16.0. The summed E-state index contributed by atoms with van der Waals surface area (Å²) in [6.45, 7) is 3.26. The van der Waals surface area contributed by atoms with Crippen LogP contribution in [-0.2, 0) is 14.9 Å². The monoisotopic (exact) mass is 391 g/mol. The standard InChI is InChI=1S/C21H23ClFNO3/c1-15(27-19-7-3-5-17(22)13-19)20(25)24-14-21(8-10-26-11-9-21)16-4-2-6-18(23)12-16/h2-7,12-13,15H,8-11,14H2,1H3,(H,24,25). The molecule has 3 rings (SSSR count). The topological polar surface area (TPSA) is 47.6 Å².